The van der Waals surface area contributed by atoms with E-state index in [1.54, 1.807) is 0 Å². The predicted octanol–water partition coefficient (Wildman–Crippen LogP) is 0.453. The number of carboxylic acid groups (broad SMARTS) is 2. The average molecular weight is 228 g/mol. The predicted molar refractivity (Wildman–Crippen MR) is 62.2 cm³/mol. The average Bonchev–Trinajstić information content (AvgIpc) is 2.32. The molecule has 0 saturated heterocycles. The topological polar surface area (TPSA) is 80.3 Å². The Hall–Kier alpha value is -1.84. The van der Waals surface area contributed by atoms with Crippen LogP contribution >= 0.6 is 0 Å². The van der Waals surface area contributed by atoms with Gasteiger partial charge in [-0.3, -0.25) is 0 Å². The Morgan fingerprint density at radius 3 is 1.00 bits per heavy atom. The second-order valence-corrected chi connectivity index (χ2v) is 1.95. The Bertz CT molecular complexity index is 146. The Kier molecular flexibility index (Phi) is 43.4. The molecule has 0 aromatic carbocycles. The van der Waals surface area contributed by atoms with E-state index in [-0.39, 0.29) is 12.8 Å². The van der Waals surface area contributed by atoms with Crippen LogP contribution in [0.15, 0.2) is 39.5 Å². The molecule has 0 bridgehead atoms. The van der Waals surface area contributed by atoms with Crippen LogP contribution in [0.3, 0.4) is 0 Å². The van der Waals surface area contributed by atoms with Gasteiger partial charge in [0.1, 0.15) is 0 Å². The van der Waals surface area contributed by atoms with E-state index in [0.717, 1.165) is 0 Å². The van der Waals surface area contributed by atoms with Gasteiger partial charge < -0.3 is 19.8 Å². The molecule has 0 unspecified atom stereocenters. The van der Waals surface area contributed by atoms with Crippen LogP contribution in [0.4, 0.5) is 0 Å². The first-order valence-electron chi connectivity index (χ1n) is 4.52. The minimum Gasteiger partial charge on any atom is -0.550 e. The molecule has 0 aliphatic carbocycles. The van der Waals surface area contributed by atoms with Crippen molar-refractivity contribution in [1.29, 1.82) is 0 Å². The maximum atomic E-state index is 9.77. The van der Waals surface area contributed by atoms with Gasteiger partial charge in [-0.15, -0.1) is 39.5 Å². The third kappa shape index (κ3) is 56.9. The molecule has 4 heteroatoms. The van der Waals surface area contributed by atoms with Crippen LogP contribution < -0.4 is 10.2 Å². The number of carbonyl (C=O) groups is 2. The molecule has 0 rings (SSSR count). The number of hydrogen-bond donors (Lipinski definition) is 0. The van der Waals surface area contributed by atoms with Gasteiger partial charge in [-0.2, -0.15) is 0 Å². The zero-order chi connectivity index (χ0) is 14.0. The van der Waals surface area contributed by atoms with Crippen molar-refractivity contribution in [3.63, 3.8) is 0 Å². The first kappa shape index (κ1) is 23.8. The molecule has 0 amide bonds. The van der Waals surface area contributed by atoms with Gasteiger partial charge in [0.05, 0.1) is 0 Å². The monoisotopic (exact) mass is 228 g/mol. The molecule has 0 aliphatic rings. The summed E-state index contributed by atoms with van der Waals surface area (Å²) >= 11 is 0. The van der Waals surface area contributed by atoms with Crippen LogP contribution in [-0.4, -0.2) is 11.9 Å². The number of carboxylic acids is 2. The van der Waals surface area contributed by atoms with E-state index in [4.69, 9.17) is 0 Å². The number of rotatable bonds is 5. The highest BCUT2D eigenvalue weighted by molar-refractivity contribution is 5.65. The van der Waals surface area contributed by atoms with E-state index in [0.29, 0.717) is 12.8 Å². The van der Waals surface area contributed by atoms with Crippen molar-refractivity contribution in [2.24, 2.45) is 0 Å². The zero-order valence-corrected chi connectivity index (χ0v) is 9.70. The number of carbonyl (C=O) groups excluding carboxylic acids is 2. The Morgan fingerprint density at radius 2 is 0.875 bits per heavy atom. The molecular formula is C12H20O4-2. The van der Waals surface area contributed by atoms with Crippen molar-refractivity contribution in [2.45, 2.75) is 25.7 Å². The van der Waals surface area contributed by atoms with Crippen molar-refractivity contribution in [2.75, 3.05) is 0 Å². The third-order valence-electron chi connectivity index (χ3n) is 1.01. The number of aliphatic carboxylic acids is 2. The largest absolute Gasteiger partial charge is 0.550 e. The maximum Gasteiger partial charge on any atom is 0.0414 e. The lowest BCUT2D eigenvalue weighted by Gasteiger charge is -2.01. The van der Waals surface area contributed by atoms with Crippen LogP contribution in [0.2, 0.25) is 0 Å². The summed E-state index contributed by atoms with van der Waals surface area (Å²) in [7, 11) is 0. The molecule has 0 spiro atoms. The lowest BCUT2D eigenvalue weighted by molar-refractivity contribution is -0.308. The summed E-state index contributed by atoms with van der Waals surface area (Å²) < 4.78 is 0. The van der Waals surface area contributed by atoms with E-state index in [1.807, 2.05) is 0 Å². The molecule has 0 radical (unpaired) electrons. The normalized spacial score (nSPS) is 6.50. The minimum absolute atomic E-state index is 0.0761. The molecule has 94 valence electrons. The summed E-state index contributed by atoms with van der Waals surface area (Å²) in [5.74, 6) is -2.28. The Labute approximate surface area is 97.6 Å². The molecule has 16 heavy (non-hydrogen) atoms. The van der Waals surface area contributed by atoms with E-state index in [1.165, 1.54) is 0 Å². The van der Waals surface area contributed by atoms with E-state index in [9.17, 15) is 19.8 Å². The molecule has 0 saturated carbocycles. The number of hydrogen-bond acceptors (Lipinski definition) is 4. The molecule has 0 fully saturated rings. The van der Waals surface area contributed by atoms with Gasteiger partial charge in [0.2, 0.25) is 0 Å². The SMILES string of the molecule is C=C.C=C.C=C.O=C([O-])CCCCC(=O)[O-]. The van der Waals surface area contributed by atoms with Gasteiger partial charge in [-0.05, 0) is 25.7 Å². The third-order valence-corrected chi connectivity index (χ3v) is 1.01. The maximum absolute atomic E-state index is 9.77. The zero-order valence-electron chi connectivity index (χ0n) is 9.70. The molecule has 4 nitrogen and oxygen atoms in total. The van der Waals surface area contributed by atoms with E-state index in [2.05, 4.69) is 39.5 Å². The van der Waals surface area contributed by atoms with Crippen molar-refractivity contribution in [3.8, 4) is 0 Å². The van der Waals surface area contributed by atoms with Crippen molar-refractivity contribution >= 4 is 11.9 Å². The summed E-state index contributed by atoms with van der Waals surface area (Å²) in [6, 6.07) is 0. The highest BCUT2D eigenvalue weighted by Crippen LogP contribution is 1.96. The summed E-state index contributed by atoms with van der Waals surface area (Å²) in [5, 5.41) is 19.5. The van der Waals surface area contributed by atoms with E-state index < -0.39 is 11.9 Å². The minimum atomic E-state index is -1.14. The van der Waals surface area contributed by atoms with Crippen molar-refractivity contribution < 1.29 is 19.8 Å². The van der Waals surface area contributed by atoms with Gasteiger partial charge in [0, 0.05) is 11.9 Å². The Balaban J connectivity index is -0.000000103. The molecule has 0 aromatic heterocycles. The molecule has 0 heterocycles. The fraction of sp³-hybridized carbons (Fsp3) is 0.333. The first-order valence-corrected chi connectivity index (χ1v) is 4.52. The highest BCUT2D eigenvalue weighted by atomic mass is 16.4. The second kappa shape index (κ2) is 29.2. The quantitative estimate of drug-likeness (QED) is 0.505. The molecule has 0 aromatic rings. The molecular weight excluding hydrogens is 208 g/mol. The summed E-state index contributed by atoms with van der Waals surface area (Å²) in [4.78, 5) is 19.5. The van der Waals surface area contributed by atoms with Gasteiger partial charge in [-0.25, -0.2) is 0 Å². The van der Waals surface area contributed by atoms with E-state index >= 15 is 0 Å². The first-order chi connectivity index (χ1) is 7.63. The lowest BCUT2D eigenvalue weighted by atomic mass is 10.2. The van der Waals surface area contributed by atoms with Crippen molar-refractivity contribution in [1.82, 2.24) is 0 Å². The summed E-state index contributed by atoms with van der Waals surface area (Å²) in [6.07, 6.45) is 0.535. The lowest BCUT2D eigenvalue weighted by Crippen LogP contribution is -2.23. The number of unbranched alkanes of at least 4 members (excludes halogenated alkanes) is 1. The van der Waals surface area contributed by atoms with Crippen LogP contribution in [-0.2, 0) is 9.59 Å². The Morgan fingerprint density at radius 1 is 0.688 bits per heavy atom. The van der Waals surface area contributed by atoms with Crippen molar-refractivity contribution in [3.05, 3.63) is 39.5 Å². The molecule has 0 N–H and O–H groups in total. The van der Waals surface area contributed by atoms with Crippen LogP contribution in [0.1, 0.15) is 25.7 Å². The molecule has 0 atom stereocenters. The van der Waals surface area contributed by atoms with Gasteiger partial charge in [0.15, 0.2) is 0 Å². The van der Waals surface area contributed by atoms with Crippen LogP contribution in [0.25, 0.3) is 0 Å². The summed E-state index contributed by atoms with van der Waals surface area (Å²) in [6.45, 7) is 18.0. The van der Waals surface area contributed by atoms with Gasteiger partial charge in [0.25, 0.3) is 0 Å². The second-order valence-electron chi connectivity index (χ2n) is 1.95. The smallest absolute Gasteiger partial charge is 0.0414 e. The fourth-order valence-electron chi connectivity index (χ4n) is 0.539. The van der Waals surface area contributed by atoms with Crippen LogP contribution in [0.5, 0.6) is 0 Å². The summed E-state index contributed by atoms with van der Waals surface area (Å²) in [5.41, 5.74) is 0. The van der Waals surface area contributed by atoms with Crippen LogP contribution in [0, 0.1) is 0 Å². The standard InChI is InChI=1S/C6H10O4.3C2H4/c7-5(8)3-1-2-4-6(9)10;3*1-2/h1-4H2,(H,7,8)(H,9,10);3*1-2H2/p-2. The van der Waals surface area contributed by atoms with Gasteiger partial charge >= 0.3 is 0 Å². The van der Waals surface area contributed by atoms with Gasteiger partial charge in [-0.1, -0.05) is 0 Å². The fourth-order valence-corrected chi connectivity index (χ4v) is 0.539. The highest BCUT2D eigenvalue weighted by Gasteiger charge is 1.89. The molecule has 0 aliphatic heterocycles.